The zero-order chi connectivity index (χ0) is 15.0. The number of aromatic nitrogens is 2. The van der Waals surface area contributed by atoms with Crippen molar-refractivity contribution >= 4 is 23.6 Å². The summed E-state index contributed by atoms with van der Waals surface area (Å²) in [6.45, 7) is 1.72. The van der Waals surface area contributed by atoms with Gasteiger partial charge in [-0.15, -0.1) is 11.8 Å². The molecule has 6 nitrogen and oxygen atoms in total. The van der Waals surface area contributed by atoms with Crippen LogP contribution in [-0.4, -0.2) is 38.7 Å². The molecule has 2 heterocycles. The Labute approximate surface area is 126 Å². The van der Waals surface area contributed by atoms with Crippen molar-refractivity contribution in [2.75, 3.05) is 5.75 Å². The fourth-order valence-electron chi connectivity index (χ4n) is 2.42. The number of rotatable bonds is 5. The number of carboxylic acid groups (broad SMARTS) is 1. The molecule has 0 radical (unpaired) electrons. The van der Waals surface area contributed by atoms with Crippen molar-refractivity contribution in [1.82, 2.24) is 15.3 Å². The molecule has 3 rings (SSSR count). The second kappa shape index (κ2) is 5.63. The Balaban J connectivity index is 1.80. The molecule has 112 valence electrons. The first kappa shape index (κ1) is 14.3. The number of aromatic carboxylic acids is 1. The maximum atomic E-state index is 11.4. The number of hydrogen-bond donors (Lipinski definition) is 2. The van der Waals surface area contributed by atoms with E-state index < -0.39 is 5.97 Å². The van der Waals surface area contributed by atoms with E-state index in [0.717, 1.165) is 25.1 Å². The molecule has 2 aliphatic rings. The lowest BCUT2D eigenvalue weighted by Crippen LogP contribution is -2.27. The molecule has 1 amide bonds. The summed E-state index contributed by atoms with van der Waals surface area (Å²) >= 11 is 1.40. The molecule has 1 atom stereocenters. The van der Waals surface area contributed by atoms with Crippen LogP contribution in [0, 0.1) is 6.92 Å². The molecule has 2 N–H and O–H groups in total. The van der Waals surface area contributed by atoms with Crippen molar-refractivity contribution in [3.8, 4) is 0 Å². The predicted molar refractivity (Wildman–Crippen MR) is 77.6 cm³/mol. The smallest absolute Gasteiger partial charge is 0.340 e. The molecule has 21 heavy (non-hydrogen) atoms. The van der Waals surface area contributed by atoms with Gasteiger partial charge in [0.2, 0.25) is 5.91 Å². The molecule has 1 aliphatic heterocycles. The minimum atomic E-state index is -0.993. The van der Waals surface area contributed by atoms with Crippen LogP contribution in [0.1, 0.15) is 53.5 Å². The quantitative estimate of drug-likeness (QED) is 0.636. The summed E-state index contributed by atoms with van der Waals surface area (Å²) in [4.78, 5) is 31.4. The van der Waals surface area contributed by atoms with Crippen LogP contribution >= 0.6 is 11.8 Å². The van der Waals surface area contributed by atoms with Crippen LogP contribution in [0.3, 0.4) is 0 Å². The van der Waals surface area contributed by atoms with Gasteiger partial charge in [-0.25, -0.2) is 14.8 Å². The average Bonchev–Trinajstić information content (AvgIpc) is 3.18. The van der Waals surface area contributed by atoms with Crippen LogP contribution in [-0.2, 0) is 4.79 Å². The average molecular weight is 307 g/mol. The van der Waals surface area contributed by atoms with Gasteiger partial charge in [0, 0.05) is 24.1 Å². The maximum Gasteiger partial charge on any atom is 0.340 e. The number of thioether (sulfide) groups is 1. The number of amides is 1. The summed E-state index contributed by atoms with van der Waals surface area (Å²) < 4.78 is 0. The highest BCUT2D eigenvalue weighted by Gasteiger charge is 2.30. The third kappa shape index (κ3) is 3.18. The third-order valence-corrected chi connectivity index (χ3v) is 4.87. The van der Waals surface area contributed by atoms with Crippen LogP contribution < -0.4 is 5.32 Å². The minimum Gasteiger partial charge on any atom is -0.478 e. The van der Waals surface area contributed by atoms with E-state index in [0.29, 0.717) is 28.8 Å². The second-order valence-electron chi connectivity index (χ2n) is 5.54. The van der Waals surface area contributed by atoms with E-state index in [1.807, 2.05) is 0 Å². The van der Waals surface area contributed by atoms with Crippen molar-refractivity contribution < 1.29 is 14.7 Å². The van der Waals surface area contributed by atoms with Gasteiger partial charge in [-0.05, 0) is 26.2 Å². The summed E-state index contributed by atoms with van der Waals surface area (Å²) in [5, 5.41) is 12.8. The zero-order valence-electron chi connectivity index (χ0n) is 11.8. The number of nitrogens with zero attached hydrogens (tertiary/aromatic N) is 2. The monoisotopic (exact) mass is 307 g/mol. The topological polar surface area (TPSA) is 92.2 Å². The van der Waals surface area contributed by atoms with Crippen molar-refractivity contribution in [3.05, 3.63) is 17.1 Å². The van der Waals surface area contributed by atoms with Crippen LogP contribution in [0.2, 0.25) is 0 Å². The Kier molecular flexibility index (Phi) is 3.84. The molecular weight excluding hydrogens is 290 g/mol. The first-order valence-corrected chi connectivity index (χ1v) is 8.07. The molecule has 0 bridgehead atoms. The molecule has 0 spiro atoms. The Bertz CT molecular complexity index is 601. The van der Waals surface area contributed by atoms with Crippen molar-refractivity contribution in [2.24, 2.45) is 0 Å². The van der Waals surface area contributed by atoms with E-state index in [-0.39, 0.29) is 17.5 Å². The molecule has 2 fully saturated rings. The highest BCUT2D eigenvalue weighted by Crippen LogP contribution is 2.39. The number of carbonyl (C=O) groups is 2. The van der Waals surface area contributed by atoms with E-state index in [1.54, 1.807) is 6.92 Å². The van der Waals surface area contributed by atoms with Crippen LogP contribution in [0.5, 0.6) is 0 Å². The maximum absolute atomic E-state index is 11.4. The van der Waals surface area contributed by atoms with Gasteiger partial charge in [-0.2, -0.15) is 0 Å². The molecule has 1 aromatic rings. The molecule has 1 saturated heterocycles. The molecule has 7 heteroatoms. The van der Waals surface area contributed by atoms with Gasteiger partial charge in [0.1, 0.15) is 16.4 Å². The van der Waals surface area contributed by atoms with Crippen LogP contribution in [0.15, 0.2) is 5.03 Å². The van der Waals surface area contributed by atoms with Gasteiger partial charge in [-0.1, -0.05) is 0 Å². The fraction of sp³-hybridized carbons (Fsp3) is 0.571. The second-order valence-corrected chi connectivity index (χ2v) is 6.55. The highest BCUT2D eigenvalue weighted by atomic mass is 32.2. The summed E-state index contributed by atoms with van der Waals surface area (Å²) in [7, 11) is 0. The van der Waals surface area contributed by atoms with Crippen molar-refractivity contribution in [3.63, 3.8) is 0 Å². The van der Waals surface area contributed by atoms with E-state index in [2.05, 4.69) is 15.3 Å². The van der Waals surface area contributed by atoms with Crippen LogP contribution in [0.25, 0.3) is 0 Å². The van der Waals surface area contributed by atoms with Gasteiger partial charge in [-0.3, -0.25) is 4.79 Å². The van der Waals surface area contributed by atoms with Gasteiger partial charge < -0.3 is 10.4 Å². The van der Waals surface area contributed by atoms with E-state index in [1.165, 1.54) is 11.8 Å². The highest BCUT2D eigenvalue weighted by molar-refractivity contribution is 7.99. The minimum absolute atomic E-state index is 0.0663. The van der Waals surface area contributed by atoms with E-state index in [4.69, 9.17) is 0 Å². The van der Waals surface area contributed by atoms with E-state index in [9.17, 15) is 14.7 Å². The molecule has 1 aromatic heterocycles. The fourth-order valence-corrected chi connectivity index (χ4v) is 3.57. The Hall–Kier alpha value is -1.63. The van der Waals surface area contributed by atoms with Crippen LogP contribution in [0.4, 0.5) is 0 Å². The standard InChI is InChI=1S/C14H17N3O3S/c1-7-11(14(19)20)13(17-12(15-7)8-2-3-8)21-6-9-4-5-10(18)16-9/h8-9H,2-6H2,1H3,(H,16,18)(H,19,20). The van der Waals surface area contributed by atoms with Gasteiger partial charge in [0.25, 0.3) is 0 Å². The Morgan fingerprint density at radius 3 is 2.71 bits per heavy atom. The number of hydrogen-bond acceptors (Lipinski definition) is 5. The Morgan fingerprint density at radius 2 is 2.14 bits per heavy atom. The number of nitrogens with one attached hydrogen (secondary N) is 1. The van der Waals surface area contributed by atoms with Gasteiger partial charge in [0.05, 0.1) is 5.69 Å². The number of carboxylic acids is 1. The van der Waals surface area contributed by atoms with Gasteiger partial charge >= 0.3 is 5.97 Å². The molecule has 1 aliphatic carbocycles. The molecule has 1 unspecified atom stereocenters. The SMILES string of the molecule is Cc1nc(C2CC2)nc(SCC2CCC(=O)N2)c1C(=O)O. The Morgan fingerprint density at radius 1 is 1.38 bits per heavy atom. The lowest BCUT2D eigenvalue weighted by Gasteiger charge is -2.12. The molecule has 1 saturated carbocycles. The third-order valence-electron chi connectivity index (χ3n) is 3.74. The molecular formula is C14H17N3O3S. The zero-order valence-corrected chi connectivity index (χ0v) is 12.6. The number of carbonyl (C=O) groups excluding carboxylic acids is 1. The first-order chi connectivity index (χ1) is 10.0. The predicted octanol–water partition coefficient (Wildman–Crippen LogP) is 1.73. The molecule has 0 aromatic carbocycles. The normalized spacial score (nSPS) is 21.4. The lowest BCUT2D eigenvalue weighted by atomic mass is 10.2. The summed E-state index contributed by atoms with van der Waals surface area (Å²) in [6, 6.07) is 0.101. The van der Waals surface area contributed by atoms with E-state index >= 15 is 0 Å². The first-order valence-electron chi connectivity index (χ1n) is 7.08. The van der Waals surface area contributed by atoms with Gasteiger partial charge in [0.15, 0.2) is 0 Å². The largest absolute Gasteiger partial charge is 0.478 e. The lowest BCUT2D eigenvalue weighted by molar-refractivity contribution is -0.119. The summed E-state index contributed by atoms with van der Waals surface area (Å²) in [6.07, 6.45) is 3.50. The summed E-state index contributed by atoms with van der Waals surface area (Å²) in [5.74, 6) is 0.865. The van der Waals surface area contributed by atoms with Crippen molar-refractivity contribution in [2.45, 2.75) is 49.6 Å². The number of aryl methyl sites for hydroxylation is 1. The van der Waals surface area contributed by atoms with Crippen molar-refractivity contribution in [1.29, 1.82) is 0 Å². The summed E-state index contributed by atoms with van der Waals surface area (Å²) in [5.41, 5.74) is 0.714.